The number of hydrogen-bond donors (Lipinski definition) is 2. The summed E-state index contributed by atoms with van der Waals surface area (Å²) in [7, 11) is 0. The number of rotatable bonds is 3. The first-order valence-corrected chi connectivity index (χ1v) is 4.67. The highest BCUT2D eigenvalue weighted by Crippen LogP contribution is 2.27. The molecule has 3 N–H and O–H groups in total. The Kier molecular flexibility index (Phi) is 2.34. The fraction of sp³-hybridized carbons (Fsp3) is 0.625. The lowest BCUT2D eigenvalue weighted by Gasteiger charge is -2.24. The van der Waals surface area contributed by atoms with Gasteiger partial charge in [-0.2, -0.15) is 0 Å². The van der Waals surface area contributed by atoms with Gasteiger partial charge in [-0.25, -0.2) is 4.98 Å². The average Bonchev–Trinajstić information content (AvgIpc) is 2.58. The molecule has 1 fully saturated rings. The summed E-state index contributed by atoms with van der Waals surface area (Å²) < 4.78 is 1.75. The zero-order valence-electron chi connectivity index (χ0n) is 7.80. The molecule has 0 amide bonds. The molecule has 0 atom stereocenters. The zero-order chi connectivity index (χ0) is 9.97. The molecule has 0 spiro atoms. The van der Waals surface area contributed by atoms with Crippen molar-refractivity contribution in [1.29, 1.82) is 0 Å². The minimum absolute atomic E-state index is 0.0441. The minimum Gasteiger partial charge on any atom is -0.409 e. The summed E-state index contributed by atoms with van der Waals surface area (Å²) in [5.41, 5.74) is 5.35. The van der Waals surface area contributed by atoms with Gasteiger partial charge in [-0.1, -0.05) is 11.6 Å². The van der Waals surface area contributed by atoms with Crippen LogP contribution in [-0.2, 0) is 6.54 Å². The average molecular weight is 195 g/mol. The lowest BCUT2D eigenvalue weighted by molar-refractivity contribution is 0.266. The van der Waals surface area contributed by atoms with Crippen molar-refractivity contribution in [2.75, 3.05) is 0 Å². The molecule has 14 heavy (non-hydrogen) atoms. The monoisotopic (exact) mass is 195 g/mol. The number of hydrogen-bond acceptors (Lipinski definition) is 4. The number of nitrogens with zero attached hydrogens (tertiary/aromatic N) is 4. The number of nitrogens with two attached hydrogens (primary N) is 1. The van der Waals surface area contributed by atoms with Crippen molar-refractivity contribution in [3.8, 4) is 0 Å². The highest BCUT2D eigenvalue weighted by molar-refractivity contribution is 5.93. The second-order valence-electron chi connectivity index (χ2n) is 3.57. The number of amidine groups is 1. The molecule has 0 saturated heterocycles. The summed E-state index contributed by atoms with van der Waals surface area (Å²) in [6.45, 7) is 0.881. The summed E-state index contributed by atoms with van der Waals surface area (Å²) in [4.78, 5) is 3.93. The van der Waals surface area contributed by atoms with E-state index in [9.17, 15) is 0 Å². The largest absolute Gasteiger partial charge is 0.409 e. The zero-order valence-corrected chi connectivity index (χ0v) is 7.80. The van der Waals surface area contributed by atoms with Gasteiger partial charge < -0.3 is 10.9 Å². The Balaban J connectivity index is 2.01. The van der Waals surface area contributed by atoms with E-state index in [2.05, 4.69) is 15.2 Å². The van der Waals surface area contributed by atoms with E-state index in [-0.39, 0.29) is 11.7 Å². The standard InChI is InChI=1S/C8H13N5O/c9-7(12-14)8-10-5-13(11-8)4-6-2-1-3-6/h5-6,14H,1-4H2,(H2,9,12). The van der Waals surface area contributed by atoms with Crippen molar-refractivity contribution < 1.29 is 5.21 Å². The first-order valence-electron chi connectivity index (χ1n) is 4.67. The van der Waals surface area contributed by atoms with E-state index < -0.39 is 0 Å². The normalized spacial score (nSPS) is 18.1. The van der Waals surface area contributed by atoms with Gasteiger partial charge in [0.05, 0.1) is 0 Å². The molecule has 1 saturated carbocycles. The highest BCUT2D eigenvalue weighted by Gasteiger charge is 2.18. The molecule has 1 aromatic heterocycles. The Hall–Kier alpha value is -1.59. The molecule has 6 heteroatoms. The van der Waals surface area contributed by atoms with Crippen LogP contribution >= 0.6 is 0 Å². The van der Waals surface area contributed by atoms with E-state index >= 15 is 0 Å². The lowest BCUT2D eigenvalue weighted by atomic mass is 9.86. The second-order valence-corrected chi connectivity index (χ2v) is 3.57. The van der Waals surface area contributed by atoms with Crippen molar-refractivity contribution >= 4 is 5.84 Å². The summed E-state index contributed by atoms with van der Waals surface area (Å²) in [6, 6.07) is 0. The Labute approximate surface area is 81.4 Å². The molecule has 6 nitrogen and oxygen atoms in total. The Bertz CT molecular complexity index is 341. The van der Waals surface area contributed by atoms with Gasteiger partial charge in [0, 0.05) is 6.54 Å². The van der Waals surface area contributed by atoms with Crippen LogP contribution in [0.5, 0.6) is 0 Å². The van der Waals surface area contributed by atoms with Crippen LogP contribution in [0.1, 0.15) is 25.1 Å². The number of oxime groups is 1. The van der Waals surface area contributed by atoms with E-state index in [4.69, 9.17) is 10.9 Å². The molecule has 1 aliphatic carbocycles. The quantitative estimate of drug-likeness (QED) is 0.311. The predicted octanol–water partition coefficient (Wildman–Crippen LogP) is 0.173. The molecule has 1 aromatic rings. The third-order valence-corrected chi connectivity index (χ3v) is 2.54. The summed E-state index contributed by atoms with van der Waals surface area (Å²) >= 11 is 0. The second kappa shape index (κ2) is 3.65. The van der Waals surface area contributed by atoms with Gasteiger partial charge in [0.25, 0.3) is 0 Å². The van der Waals surface area contributed by atoms with Crippen molar-refractivity contribution in [3.63, 3.8) is 0 Å². The number of aromatic nitrogens is 3. The van der Waals surface area contributed by atoms with E-state index in [0.717, 1.165) is 12.5 Å². The molecule has 2 rings (SSSR count). The molecule has 1 heterocycles. The SMILES string of the molecule is NC(=NO)c1ncn(CC2CCC2)n1. The minimum atomic E-state index is -0.0441. The Morgan fingerprint density at radius 1 is 1.71 bits per heavy atom. The maximum atomic E-state index is 8.41. The third-order valence-electron chi connectivity index (χ3n) is 2.54. The predicted molar refractivity (Wildman–Crippen MR) is 49.9 cm³/mol. The van der Waals surface area contributed by atoms with Crippen LogP contribution in [0.2, 0.25) is 0 Å². The van der Waals surface area contributed by atoms with Gasteiger partial charge in [-0.15, -0.1) is 5.10 Å². The van der Waals surface area contributed by atoms with Gasteiger partial charge >= 0.3 is 0 Å². The van der Waals surface area contributed by atoms with E-state index in [1.54, 1.807) is 11.0 Å². The highest BCUT2D eigenvalue weighted by atomic mass is 16.4. The van der Waals surface area contributed by atoms with Gasteiger partial charge in [0.15, 0.2) is 0 Å². The molecular weight excluding hydrogens is 182 g/mol. The Morgan fingerprint density at radius 3 is 3.07 bits per heavy atom. The van der Waals surface area contributed by atoms with Crippen molar-refractivity contribution in [2.24, 2.45) is 16.8 Å². The fourth-order valence-corrected chi connectivity index (χ4v) is 1.48. The topological polar surface area (TPSA) is 89.3 Å². The summed E-state index contributed by atoms with van der Waals surface area (Å²) in [5, 5.41) is 15.3. The van der Waals surface area contributed by atoms with Crippen LogP contribution in [0.25, 0.3) is 0 Å². The maximum absolute atomic E-state index is 8.41. The van der Waals surface area contributed by atoms with Crippen molar-refractivity contribution in [3.05, 3.63) is 12.2 Å². The molecule has 0 bridgehead atoms. The smallest absolute Gasteiger partial charge is 0.219 e. The van der Waals surface area contributed by atoms with E-state index in [0.29, 0.717) is 0 Å². The summed E-state index contributed by atoms with van der Waals surface area (Å²) in [5.74, 6) is 0.959. The molecule has 0 unspecified atom stereocenters. The van der Waals surface area contributed by atoms with E-state index in [1.165, 1.54) is 19.3 Å². The van der Waals surface area contributed by atoms with Gasteiger partial charge in [-0.05, 0) is 18.8 Å². The van der Waals surface area contributed by atoms with Crippen LogP contribution in [0.3, 0.4) is 0 Å². The van der Waals surface area contributed by atoms with Crippen LogP contribution < -0.4 is 5.73 Å². The fourth-order valence-electron chi connectivity index (χ4n) is 1.48. The Morgan fingerprint density at radius 2 is 2.50 bits per heavy atom. The first-order chi connectivity index (χ1) is 6.79. The van der Waals surface area contributed by atoms with Crippen LogP contribution in [0.15, 0.2) is 11.5 Å². The maximum Gasteiger partial charge on any atom is 0.219 e. The van der Waals surface area contributed by atoms with Crippen molar-refractivity contribution in [2.45, 2.75) is 25.8 Å². The van der Waals surface area contributed by atoms with Gasteiger partial charge in [0.2, 0.25) is 11.7 Å². The van der Waals surface area contributed by atoms with Crippen LogP contribution in [0.4, 0.5) is 0 Å². The molecule has 0 radical (unpaired) electrons. The van der Waals surface area contributed by atoms with E-state index in [1.807, 2.05) is 0 Å². The molecule has 0 aliphatic heterocycles. The molecular formula is C8H13N5O. The third kappa shape index (κ3) is 1.68. The first kappa shape index (κ1) is 8.98. The summed E-state index contributed by atoms with van der Waals surface area (Å²) in [6.07, 6.45) is 5.45. The van der Waals surface area contributed by atoms with Crippen LogP contribution in [-0.4, -0.2) is 25.8 Å². The molecule has 1 aliphatic rings. The van der Waals surface area contributed by atoms with Crippen LogP contribution in [0, 0.1) is 5.92 Å². The van der Waals surface area contributed by atoms with Gasteiger partial charge in [0.1, 0.15) is 6.33 Å². The molecule has 76 valence electrons. The molecule has 0 aromatic carbocycles. The lowest BCUT2D eigenvalue weighted by Crippen LogP contribution is -2.19. The van der Waals surface area contributed by atoms with Crippen molar-refractivity contribution in [1.82, 2.24) is 14.8 Å². The van der Waals surface area contributed by atoms with Gasteiger partial charge in [-0.3, -0.25) is 4.68 Å².